The molecule has 1 heterocycles. The lowest BCUT2D eigenvalue weighted by molar-refractivity contribution is 0.0345. The first-order valence-electron chi connectivity index (χ1n) is 7.65. The number of phenolic OH excluding ortho intramolecular Hbond substituents is 1. The van der Waals surface area contributed by atoms with Gasteiger partial charge in [0.25, 0.3) is 5.91 Å². The Labute approximate surface area is 144 Å². The van der Waals surface area contributed by atoms with Crippen LogP contribution in [0.3, 0.4) is 0 Å². The minimum atomic E-state index is -0.618. The van der Waals surface area contributed by atoms with Gasteiger partial charge in [-0.15, -0.1) is 0 Å². The Kier molecular flexibility index (Phi) is 4.73. The molecule has 0 unspecified atom stereocenters. The molecule has 0 saturated carbocycles. The molecule has 0 aromatic heterocycles. The first-order chi connectivity index (χ1) is 11.5. The van der Waals surface area contributed by atoms with Gasteiger partial charge in [-0.05, 0) is 48.7 Å². The molecule has 126 valence electrons. The maximum Gasteiger partial charge on any atom is 0.252 e. The third-order valence-corrected chi connectivity index (χ3v) is 4.61. The molecule has 24 heavy (non-hydrogen) atoms. The van der Waals surface area contributed by atoms with Crippen molar-refractivity contribution < 1.29 is 19.0 Å². The largest absolute Gasteiger partial charge is 0.506 e. The molecule has 3 rings (SSSR count). The number of carbonyl (C=O) groups excluding carboxylic acids is 1. The van der Waals surface area contributed by atoms with Crippen LogP contribution in [0.25, 0.3) is 0 Å². The number of carbonyl (C=O) groups is 1. The van der Waals surface area contributed by atoms with E-state index in [9.17, 15) is 14.3 Å². The number of ether oxygens (including phenoxy) is 1. The minimum absolute atomic E-state index is 0.0764. The van der Waals surface area contributed by atoms with E-state index in [1.165, 1.54) is 30.3 Å². The van der Waals surface area contributed by atoms with Crippen molar-refractivity contribution in [2.75, 3.05) is 13.2 Å². The number of rotatable bonds is 3. The van der Waals surface area contributed by atoms with Gasteiger partial charge < -0.3 is 15.2 Å². The minimum Gasteiger partial charge on any atom is -0.506 e. The van der Waals surface area contributed by atoms with Gasteiger partial charge in [0.2, 0.25) is 0 Å². The van der Waals surface area contributed by atoms with E-state index >= 15 is 0 Å². The molecule has 0 spiro atoms. The third kappa shape index (κ3) is 3.37. The van der Waals surface area contributed by atoms with E-state index in [1.807, 2.05) is 0 Å². The molecule has 0 radical (unpaired) electrons. The highest BCUT2D eigenvalue weighted by atomic mass is 35.5. The molecule has 0 atom stereocenters. The summed E-state index contributed by atoms with van der Waals surface area (Å²) in [5, 5.41) is 12.7. The van der Waals surface area contributed by atoms with Gasteiger partial charge >= 0.3 is 0 Å². The SMILES string of the molecule is O=C(NC1(c2ccc(F)cc2)CCOCC1)c1ccc(O)c(Cl)c1. The van der Waals surface area contributed by atoms with E-state index in [0.29, 0.717) is 31.6 Å². The molecule has 1 amide bonds. The van der Waals surface area contributed by atoms with Gasteiger partial charge in [0.1, 0.15) is 11.6 Å². The lowest BCUT2D eigenvalue weighted by Gasteiger charge is -2.38. The van der Waals surface area contributed by atoms with Crippen molar-refractivity contribution in [3.8, 4) is 5.75 Å². The average molecular weight is 350 g/mol. The Balaban J connectivity index is 1.90. The van der Waals surface area contributed by atoms with Crippen LogP contribution in [0.15, 0.2) is 42.5 Å². The van der Waals surface area contributed by atoms with Crippen molar-refractivity contribution in [2.24, 2.45) is 0 Å². The van der Waals surface area contributed by atoms with Gasteiger partial charge in [0.05, 0.1) is 10.6 Å². The number of halogens is 2. The molecular formula is C18H17ClFNO3. The summed E-state index contributed by atoms with van der Waals surface area (Å²) in [4.78, 5) is 12.7. The standard InChI is InChI=1S/C18H17ClFNO3/c19-15-11-12(1-6-16(15)22)17(23)21-18(7-9-24-10-8-18)13-2-4-14(20)5-3-13/h1-6,11,22H,7-10H2,(H,21,23). The molecule has 2 aromatic rings. The van der Waals surface area contributed by atoms with Crippen molar-refractivity contribution in [1.29, 1.82) is 0 Å². The van der Waals surface area contributed by atoms with Gasteiger partial charge in [0, 0.05) is 18.8 Å². The number of hydrogen-bond acceptors (Lipinski definition) is 3. The third-order valence-electron chi connectivity index (χ3n) is 4.31. The lowest BCUT2D eigenvalue weighted by atomic mass is 9.82. The molecule has 1 aliphatic heterocycles. The summed E-state index contributed by atoms with van der Waals surface area (Å²) in [6.45, 7) is 1.02. The van der Waals surface area contributed by atoms with Crippen LogP contribution in [-0.4, -0.2) is 24.2 Å². The Morgan fingerprint density at radius 2 is 1.83 bits per heavy atom. The number of phenols is 1. The second-order valence-electron chi connectivity index (χ2n) is 5.82. The van der Waals surface area contributed by atoms with Crippen LogP contribution >= 0.6 is 11.6 Å². The fourth-order valence-electron chi connectivity index (χ4n) is 2.91. The zero-order valence-corrected chi connectivity index (χ0v) is 13.6. The normalized spacial score (nSPS) is 16.6. The van der Waals surface area contributed by atoms with Crippen LogP contribution in [0.2, 0.25) is 5.02 Å². The molecule has 0 aliphatic carbocycles. The summed E-state index contributed by atoms with van der Waals surface area (Å²) in [5.41, 5.74) is 0.573. The highest BCUT2D eigenvalue weighted by molar-refractivity contribution is 6.32. The van der Waals surface area contributed by atoms with E-state index in [2.05, 4.69) is 5.32 Å². The molecule has 1 aliphatic rings. The van der Waals surface area contributed by atoms with Crippen molar-refractivity contribution in [3.05, 3.63) is 64.4 Å². The maximum absolute atomic E-state index is 13.2. The van der Waals surface area contributed by atoms with Crippen LogP contribution in [0.1, 0.15) is 28.8 Å². The maximum atomic E-state index is 13.2. The van der Waals surface area contributed by atoms with Crippen molar-refractivity contribution in [2.45, 2.75) is 18.4 Å². The summed E-state index contributed by atoms with van der Waals surface area (Å²) in [7, 11) is 0. The second-order valence-corrected chi connectivity index (χ2v) is 6.23. The Morgan fingerprint density at radius 1 is 1.17 bits per heavy atom. The Bertz CT molecular complexity index is 742. The smallest absolute Gasteiger partial charge is 0.252 e. The fraction of sp³-hybridized carbons (Fsp3) is 0.278. The van der Waals surface area contributed by atoms with Crippen LogP contribution < -0.4 is 5.32 Å². The number of hydrogen-bond donors (Lipinski definition) is 2. The quantitative estimate of drug-likeness (QED) is 0.889. The molecule has 4 nitrogen and oxygen atoms in total. The highest BCUT2D eigenvalue weighted by Crippen LogP contribution is 2.33. The van der Waals surface area contributed by atoms with Crippen molar-refractivity contribution in [1.82, 2.24) is 5.32 Å². The molecule has 1 saturated heterocycles. The predicted octanol–water partition coefficient (Wildman–Crippen LogP) is 3.62. The van der Waals surface area contributed by atoms with Gasteiger partial charge in [-0.25, -0.2) is 4.39 Å². The van der Waals surface area contributed by atoms with E-state index in [4.69, 9.17) is 16.3 Å². The molecule has 0 bridgehead atoms. The summed E-state index contributed by atoms with van der Waals surface area (Å²) in [6.07, 6.45) is 1.19. The lowest BCUT2D eigenvalue weighted by Crippen LogP contribution is -2.49. The molecule has 1 fully saturated rings. The Morgan fingerprint density at radius 3 is 2.46 bits per heavy atom. The monoisotopic (exact) mass is 349 g/mol. The number of benzene rings is 2. The molecule has 2 N–H and O–H groups in total. The van der Waals surface area contributed by atoms with Gasteiger partial charge in [0.15, 0.2) is 0 Å². The zero-order valence-electron chi connectivity index (χ0n) is 12.9. The summed E-state index contributed by atoms with van der Waals surface area (Å²) < 4.78 is 18.7. The molecular weight excluding hydrogens is 333 g/mol. The van der Waals surface area contributed by atoms with Crippen LogP contribution in [0.4, 0.5) is 4.39 Å². The highest BCUT2D eigenvalue weighted by Gasteiger charge is 2.36. The number of nitrogens with one attached hydrogen (secondary N) is 1. The predicted molar refractivity (Wildman–Crippen MR) is 88.7 cm³/mol. The molecule has 2 aromatic carbocycles. The van der Waals surface area contributed by atoms with E-state index in [0.717, 1.165) is 5.56 Å². The van der Waals surface area contributed by atoms with Crippen molar-refractivity contribution >= 4 is 17.5 Å². The van der Waals surface area contributed by atoms with E-state index < -0.39 is 5.54 Å². The zero-order chi connectivity index (χ0) is 17.2. The first-order valence-corrected chi connectivity index (χ1v) is 8.03. The fourth-order valence-corrected chi connectivity index (χ4v) is 3.09. The average Bonchev–Trinajstić information content (AvgIpc) is 2.58. The Hall–Kier alpha value is -2.11. The second kappa shape index (κ2) is 6.79. The number of amides is 1. The van der Waals surface area contributed by atoms with Gasteiger partial charge in [-0.3, -0.25) is 4.79 Å². The molecule has 6 heteroatoms. The summed E-state index contributed by atoms with van der Waals surface area (Å²) in [5.74, 6) is -0.701. The van der Waals surface area contributed by atoms with Crippen LogP contribution in [0, 0.1) is 5.82 Å². The van der Waals surface area contributed by atoms with Gasteiger partial charge in [-0.2, -0.15) is 0 Å². The summed E-state index contributed by atoms with van der Waals surface area (Å²) in [6, 6.07) is 10.5. The first kappa shape index (κ1) is 16.7. The van der Waals surface area contributed by atoms with E-state index in [-0.39, 0.29) is 22.5 Å². The number of aromatic hydroxyl groups is 1. The van der Waals surface area contributed by atoms with Gasteiger partial charge in [-0.1, -0.05) is 23.7 Å². The van der Waals surface area contributed by atoms with Crippen molar-refractivity contribution in [3.63, 3.8) is 0 Å². The van der Waals surface area contributed by atoms with Crippen LogP contribution in [-0.2, 0) is 10.3 Å². The summed E-state index contributed by atoms with van der Waals surface area (Å²) >= 11 is 5.88. The van der Waals surface area contributed by atoms with Crippen LogP contribution in [0.5, 0.6) is 5.75 Å². The topological polar surface area (TPSA) is 58.6 Å². The van der Waals surface area contributed by atoms with E-state index in [1.54, 1.807) is 12.1 Å².